The summed E-state index contributed by atoms with van der Waals surface area (Å²) < 4.78 is 5.42. The molecule has 0 unspecified atom stereocenters. The largest absolute Gasteiger partial charge is 0.480 e. The maximum absolute atomic E-state index is 5.42. The second-order valence-electron chi connectivity index (χ2n) is 4.74. The van der Waals surface area contributed by atoms with Gasteiger partial charge in [-0.3, -0.25) is 0 Å². The van der Waals surface area contributed by atoms with Crippen LogP contribution in [-0.4, -0.2) is 43.3 Å². The van der Waals surface area contributed by atoms with Gasteiger partial charge in [0.1, 0.15) is 0 Å². The van der Waals surface area contributed by atoms with Gasteiger partial charge < -0.3 is 15.0 Å². The van der Waals surface area contributed by atoms with Gasteiger partial charge in [-0.15, -0.1) is 0 Å². The first-order valence-corrected chi connectivity index (χ1v) is 6.56. The Kier molecular flexibility index (Phi) is 3.21. The van der Waals surface area contributed by atoms with Crippen molar-refractivity contribution < 1.29 is 4.74 Å². The lowest BCUT2D eigenvalue weighted by molar-refractivity contribution is 0.402. The first-order valence-electron chi connectivity index (χ1n) is 6.56. The third-order valence-corrected chi connectivity index (χ3v) is 3.47. The Hall–Kier alpha value is -1.88. The number of anilines is 1. The Morgan fingerprint density at radius 3 is 2.74 bits per heavy atom. The van der Waals surface area contributed by atoms with E-state index in [0.29, 0.717) is 5.88 Å². The van der Waals surface area contributed by atoms with Crippen LogP contribution in [0.3, 0.4) is 0 Å². The number of methoxy groups -OCH3 is 1. The molecule has 0 amide bonds. The van der Waals surface area contributed by atoms with Gasteiger partial charge in [-0.25, -0.2) is 4.98 Å². The zero-order valence-corrected chi connectivity index (χ0v) is 11.3. The fourth-order valence-electron chi connectivity index (χ4n) is 2.42. The van der Waals surface area contributed by atoms with Crippen LogP contribution in [0.15, 0.2) is 18.2 Å². The Morgan fingerprint density at radius 1 is 1.21 bits per heavy atom. The fourth-order valence-corrected chi connectivity index (χ4v) is 2.42. The lowest BCUT2D eigenvalue weighted by Crippen LogP contribution is -2.44. The molecule has 1 N–H and O–H groups in total. The summed E-state index contributed by atoms with van der Waals surface area (Å²) in [5.74, 6) is 1.42. The van der Waals surface area contributed by atoms with Crippen molar-refractivity contribution in [3.8, 4) is 5.88 Å². The van der Waals surface area contributed by atoms with Crippen molar-refractivity contribution in [3.05, 3.63) is 23.8 Å². The molecule has 0 radical (unpaired) electrons. The molecule has 2 aromatic rings. The number of nitrogens with one attached hydrogen (secondary N) is 1. The van der Waals surface area contributed by atoms with Gasteiger partial charge in [-0.1, -0.05) is 12.1 Å². The summed E-state index contributed by atoms with van der Waals surface area (Å²) in [4.78, 5) is 11.5. The highest BCUT2D eigenvalue weighted by molar-refractivity contribution is 5.87. The molecular weight excluding hydrogens is 240 g/mol. The predicted molar refractivity (Wildman–Crippen MR) is 75.9 cm³/mol. The molecule has 0 bridgehead atoms. The van der Waals surface area contributed by atoms with E-state index in [-0.39, 0.29) is 0 Å². The standard InChI is InChI=1S/C14H18N4O/c1-10-4-3-5-11-12(10)16-14(17-13(11)19-2)18-8-6-15-7-9-18/h3-5,15H,6-9H2,1-2H3. The highest BCUT2D eigenvalue weighted by atomic mass is 16.5. The van der Waals surface area contributed by atoms with Crippen LogP contribution in [0.1, 0.15) is 5.56 Å². The van der Waals surface area contributed by atoms with Gasteiger partial charge in [0.25, 0.3) is 0 Å². The molecule has 19 heavy (non-hydrogen) atoms. The number of nitrogens with zero attached hydrogens (tertiary/aromatic N) is 3. The van der Waals surface area contributed by atoms with E-state index in [1.54, 1.807) is 7.11 Å². The third-order valence-electron chi connectivity index (χ3n) is 3.47. The van der Waals surface area contributed by atoms with Crippen LogP contribution >= 0.6 is 0 Å². The minimum Gasteiger partial charge on any atom is -0.480 e. The summed E-state index contributed by atoms with van der Waals surface area (Å²) in [5, 5.41) is 4.31. The van der Waals surface area contributed by atoms with Crippen LogP contribution in [0.2, 0.25) is 0 Å². The zero-order chi connectivity index (χ0) is 13.2. The Balaban J connectivity index is 2.12. The summed E-state index contributed by atoms with van der Waals surface area (Å²) in [6, 6.07) is 6.08. The van der Waals surface area contributed by atoms with Gasteiger partial charge in [0.05, 0.1) is 18.0 Å². The lowest BCUT2D eigenvalue weighted by Gasteiger charge is -2.27. The van der Waals surface area contributed by atoms with Gasteiger partial charge >= 0.3 is 0 Å². The van der Waals surface area contributed by atoms with Crippen LogP contribution < -0.4 is 15.0 Å². The summed E-state index contributed by atoms with van der Waals surface area (Å²) in [7, 11) is 1.66. The van der Waals surface area contributed by atoms with Crippen LogP contribution in [0, 0.1) is 6.92 Å². The van der Waals surface area contributed by atoms with E-state index in [0.717, 1.165) is 48.6 Å². The molecule has 1 fully saturated rings. The van der Waals surface area contributed by atoms with Gasteiger partial charge in [0.15, 0.2) is 0 Å². The van der Waals surface area contributed by atoms with Crippen molar-refractivity contribution in [2.75, 3.05) is 38.2 Å². The fraction of sp³-hybridized carbons (Fsp3) is 0.429. The van der Waals surface area contributed by atoms with Crippen LogP contribution in [0.4, 0.5) is 5.95 Å². The van der Waals surface area contributed by atoms with Gasteiger partial charge in [-0.2, -0.15) is 4.98 Å². The molecule has 1 aliphatic rings. The first kappa shape index (κ1) is 12.2. The van der Waals surface area contributed by atoms with Crippen molar-refractivity contribution in [3.63, 3.8) is 0 Å². The van der Waals surface area contributed by atoms with Crippen molar-refractivity contribution in [2.24, 2.45) is 0 Å². The number of aromatic nitrogens is 2. The molecule has 5 heteroatoms. The molecule has 1 aliphatic heterocycles. The topological polar surface area (TPSA) is 50.3 Å². The molecule has 0 atom stereocenters. The number of benzene rings is 1. The van der Waals surface area contributed by atoms with Crippen molar-refractivity contribution in [2.45, 2.75) is 6.92 Å². The normalized spacial score (nSPS) is 15.8. The second kappa shape index (κ2) is 5.01. The summed E-state index contributed by atoms with van der Waals surface area (Å²) in [6.07, 6.45) is 0. The summed E-state index contributed by atoms with van der Waals surface area (Å²) >= 11 is 0. The number of ether oxygens (including phenoxy) is 1. The van der Waals surface area contributed by atoms with Crippen LogP contribution in [-0.2, 0) is 0 Å². The number of para-hydroxylation sites is 1. The van der Waals surface area contributed by atoms with Gasteiger partial charge in [0, 0.05) is 26.2 Å². The predicted octanol–water partition coefficient (Wildman–Crippen LogP) is 1.36. The van der Waals surface area contributed by atoms with Gasteiger partial charge in [0.2, 0.25) is 11.8 Å². The minimum absolute atomic E-state index is 0.655. The van der Waals surface area contributed by atoms with E-state index < -0.39 is 0 Å². The number of fused-ring (bicyclic) bond motifs is 1. The number of hydrogen-bond acceptors (Lipinski definition) is 5. The van der Waals surface area contributed by atoms with E-state index in [1.807, 2.05) is 12.1 Å². The molecule has 0 saturated carbocycles. The van der Waals surface area contributed by atoms with E-state index in [1.165, 1.54) is 0 Å². The highest BCUT2D eigenvalue weighted by Crippen LogP contribution is 2.27. The lowest BCUT2D eigenvalue weighted by atomic mass is 10.1. The first-order chi connectivity index (χ1) is 9.29. The monoisotopic (exact) mass is 258 g/mol. The minimum atomic E-state index is 0.655. The molecule has 1 aromatic heterocycles. The molecule has 2 heterocycles. The number of hydrogen-bond donors (Lipinski definition) is 1. The Morgan fingerprint density at radius 2 is 2.00 bits per heavy atom. The maximum atomic E-state index is 5.42. The molecule has 1 saturated heterocycles. The van der Waals surface area contributed by atoms with Crippen molar-refractivity contribution in [1.82, 2.24) is 15.3 Å². The molecular formula is C14H18N4O. The van der Waals surface area contributed by atoms with E-state index in [2.05, 4.69) is 28.2 Å². The highest BCUT2D eigenvalue weighted by Gasteiger charge is 2.16. The SMILES string of the molecule is COc1nc(N2CCNCC2)nc2c(C)cccc12. The Labute approximate surface area is 112 Å². The summed E-state index contributed by atoms with van der Waals surface area (Å²) in [6.45, 7) is 5.87. The molecule has 3 rings (SSSR count). The average Bonchev–Trinajstić information content (AvgIpc) is 2.48. The molecule has 1 aromatic carbocycles. The second-order valence-corrected chi connectivity index (χ2v) is 4.74. The molecule has 0 aliphatic carbocycles. The van der Waals surface area contributed by atoms with Crippen LogP contribution in [0.25, 0.3) is 10.9 Å². The smallest absolute Gasteiger partial charge is 0.229 e. The Bertz CT molecular complexity index is 593. The van der Waals surface area contributed by atoms with E-state index in [4.69, 9.17) is 9.72 Å². The average molecular weight is 258 g/mol. The number of rotatable bonds is 2. The van der Waals surface area contributed by atoms with Crippen molar-refractivity contribution >= 4 is 16.9 Å². The molecule has 5 nitrogen and oxygen atoms in total. The third kappa shape index (κ3) is 2.21. The number of aryl methyl sites for hydroxylation is 1. The number of piperazine rings is 1. The van der Waals surface area contributed by atoms with Crippen molar-refractivity contribution in [1.29, 1.82) is 0 Å². The van der Waals surface area contributed by atoms with Crippen LogP contribution in [0.5, 0.6) is 5.88 Å². The van der Waals surface area contributed by atoms with E-state index in [9.17, 15) is 0 Å². The molecule has 100 valence electrons. The van der Waals surface area contributed by atoms with E-state index >= 15 is 0 Å². The quantitative estimate of drug-likeness (QED) is 0.881. The molecule has 0 spiro atoms. The van der Waals surface area contributed by atoms with Gasteiger partial charge in [-0.05, 0) is 18.6 Å². The maximum Gasteiger partial charge on any atom is 0.229 e. The zero-order valence-electron chi connectivity index (χ0n) is 11.3. The summed E-state index contributed by atoms with van der Waals surface area (Å²) in [5.41, 5.74) is 2.12.